The molecule has 0 aliphatic heterocycles. The SMILES string of the molecule is COC(=O)CC1Cc2ccccc2-c2[nH]c3ccccc3c21. The number of H-pyrrole nitrogens is 1. The van der Waals surface area contributed by atoms with Crippen molar-refractivity contribution in [3.8, 4) is 11.3 Å². The van der Waals surface area contributed by atoms with Crippen LogP contribution in [0.4, 0.5) is 0 Å². The first kappa shape index (κ1) is 13.1. The van der Waals surface area contributed by atoms with Gasteiger partial charge in [0.2, 0.25) is 0 Å². The molecule has 1 atom stereocenters. The number of aromatic amines is 1. The third-order valence-corrected chi connectivity index (χ3v) is 4.55. The van der Waals surface area contributed by atoms with Gasteiger partial charge in [-0.05, 0) is 23.6 Å². The van der Waals surface area contributed by atoms with Crippen LogP contribution in [-0.2, 0) is 16.0 Å². The highest BCUT2D eigenvalue weighted by Crippen LogP contribution is 2.44. The van der Waals surface area contributed by atoms with Crippen molar-refractivity contribution in [2.75, 3.05) is 7.11 Å². The Morgan fingerprint density at radius 2 is 1.95 bits per heavy atom. The zero-order valence-corrected chi connectivity index (χ0v) is 12.4. The van der Waals surface area contributed by atoms with Crippen LogP contribution in [0, 0.1) is 0 Å². The van der Waals surface area contributed by atoms with E-state index in [-0.39, 0.29) is 11.9 Å². The Morgan fingerprint density at radius 1 is 1.18 bits per heavy atom. The number of carbonyl (C=O) groups is 1. The quantitative estimate of drug-likeness (QED) is 0.724. The summed E-state index contributed by atoms with van der Waals surface area (Å²) in [5.41, 5.74) is 6.06. The van der Waals surface area contributed by atoms with Gasteiger partial charge in [0.15, 0.2) is 0 Å². The number of esters is 1. The predicted molar refractivity (Wildman–Crippen MR) is 86.8 cm³/mol. The van der Waals surface area contributed by atoms with Crippen molar-refractivity contribution in [3.05, 3.63) is 59.7 Å². The third kappa shape index (κ3) is 1.93. The average Bonchev–Trinajstić information content (AvgIpc) is 2.95. The van der Waals surface area contributed by atoms with Crippen LogP contribution in [0.1, 0.15) is 23.5 Å². The summed E-state index contributed by atoms with van der Waals surface area (Å²) in [6.07, 6.45) is 1.29. The number of nitrogens with one attached hydrogen (secondary N) is 1. The van der Waals surface area contributed by atoms with E-state index in [4.69, 9.17) is 4.74 Å². The second-order valence-corrected chi connectivity index (χ2v) is 5.80. The highest BCUT2D eigenvalue weighted by atomic mass is 16.5. The van der Waals surface area contributed by atoms with Gasteiger partial charge in [0, 0.05) is 22.4 Å². The summed E-state index contributed by atoms with van der Waals surface area (Å²) in [7, 11) is 1.45. The van der Waals surface area contributed by atoms with E-state index >= 15 is 0 Å². The standard InChI is InChI=1S/C19H17NO2/c1-22-17(21)11-13-10-12-6-2-3-7-14(12)19-18(13)15-8-4-5-9-16(15)20-19/h2-9,13,20H,10-11H2,1H3. The highest BCUT2D eigenvalue weighted by molar-refractivity contribution is 5.93. The van der Waals surface area contributed by atoms with Crippen LogP contribution < -0.4 is 0 Å². The largest absolute Gasteiger partial charge is 0.469 e. The van der Waals surface area contributed by atoms with E-state index < -0.39 is 0 Å². The van der Waals surface area contributed by atoms with Gasteiger partial charge in [0.25, 0.3) is 0 Å². The van der Waals surface area contributed by atoms with Gasteiger partial charge in [-0.2, -0.15) is 0 Å². The van der Waals surface area contributed by atoms with E-state index in [0.717, 1.165) is 17.6 Å². The molecular formula is C19H17NO2. The molecule has 3 nitrogen and oxygen atoms in total. The van der Waals surface area contributed by atoms with Crippen molar-refractivity contribution in [2.24, 2.45) is 0 Å². The van der Waals surface area contributed by atoms with Crippen LogP contribution in [0.15, 0.2) is 48.5 Å². The Hall–Kier alpha value is -2.55. The molecule has 1 unspecified atom stereocenters. The van der Waals surface area contributed by atoms with Crippen molar-refractivity contribution in [1.29, 1.82) is 0 Å². The highest BCUT2D eigenvalue weighted by Gasteiger charge is 2.29. The van der Waals surface area contributed by atoms with Crippen LogP contribution >= 0.6 is 0 Å². The fourth-order valence-electron chi connectivity index (χ4n) is 3.57. The van der Waals surface area contributed by atoms with Crippen LogP contribution in [0.2, 0.25) is 0 Å². The van der Waals surface area contributed by atoms with Gasteiger partial charge in [-0.25, -0.2) is 0 Å². The fraction of sp³-hybridized carbons (Fsp3) is 0.211. The van der Waals surface area contributed by atoms with Crippen LogP contribution in [0.25, 0.3) is 22.2 Å². The minimum Gasteiger partial charge on any atom is -0.469 e. The Labute approximate surface area is 128 Å². The summed E-state index contributed by atoms with van der Waals surface area (Å²) in [6.45, 7) is 0. The molecule has 1 aliphatic rings. The number of ether oxygens (including phenoxy) is 1. The lowest BCUT2D eigenvalue weighted by Crippen LogP contribution is -2.15. The number of methoxy groups -OCH3 is 1. The molecule has 3 aromatic rings. The predicted octanol–water partition coefficient (Wildman–Crippen LogP) is 4.04. The zero-order chi connectivity index (χ0) is 15.1. The molecule has 4 rings (SSSR count). The number of benzene rings is 2. The molecule has 3 heteroatoms. The first-order chi connectivity index (χ1) is 10.8. The summed E-state index contributed by atoms with van der Waals surface area (Å²) >= 11 is 0. The first-order valence-corrected chi connectivity index (χ1v) is 7.53. The molecule has 0 bridgehead atoms. The Kier molecular flexibility index (Phi) is 3.00. The molecule has 0 saturated heterocycles. The maximum Gasteiger partial charge on any atom is 0.306 e. The number of hydrogen-bond donors (Lipinski definition) is 1. The van der Waals surface area contributed by atoms with E-state index in [9.17, 15) is 4.79 Å². The summed E-state index contributed by atoms with van der Waals surface area (Å²) in [4.78, 5) is 15.4. The van der Waals surface area contributed by atoms with Gasteiger partial charge in [-0.15, -0.1) is 0 Å². The smallest absolute Gasteiger partial charge is 0.306 e. The Bertz CT molecular complexity index is 863. The monoisotopic (exact) mass is 291 g/mol. The van der Waals surface area contributed by atoms with Crippen LogP contribution in [-0.4, -0.2) is 18.1 Å². The van der Waals surface area contributed by atoms with Crippen molar-refractivity contribution in [3.63, 3.8) is 0 Å². The van der Waals surface area contributed by atoms with Crippen LogP contribution in [0.5, 0.6) is 0 Å². The van der Waals surface area contributed by atoms with Gasteiger partial charge >= 0.3 is 5.97 Å². The van der Waals surface area contributed by atoms with Gasteiger partial charge in [0.1, 0.15) is 0 Å². The number of fused-ring (bicyclic) bond motifs is 5. The molecular weight excluding hydrogens is 274 g/mol. The van der Waals surface area contributed by atoms with Crippen LogP contribution in [0.3, 0.4) is 0 Å². The molecule has 110 valence electrons. The number of para-hydroxylation sites is 1. The van der Waals surface area contributed by atoms with E-state index in [1.165, 1.54) is 29.2 Å². The molecule has 0 radical (unpaired) electrons. The molecule has 22 heavy (non-hydrogen) atoms. The number of aromatic nitrogens is 1. The number of hydrogen-bond acceptors (Lipinski definition) is 2. The van der Waals surface area contributed by atoms with Crippen molar-refractivity contribution < 1.29 is 9.53 Å². The topological polar surface area (TPSA) is 42.1 Å². The van der Waals surface area contributed by atoms with Gasteiger partial charge in [-0.3, -0.25) is 4.79 Å². The minimum absolute atomic E-state index is 0.152. The lowest BCUT2D eigenvalue weighted by atomic mass is 9.79. The molecule has 0 amide bonds. The lowest BCUT2D eigenvalue weighted by molar-refractivity contribution is -0.141. The van der Waals surface area contributed by atoms with Crippen molar-refractivity contribution in [2.45, 2.75) is 18.8 Å². The molecule has 0 saturated carbocycles. The van der Waals surface area contributed by atoms with E-state index in [2.05, 4.69) is 41.4 Å². The summed E-state index contributed by atoms with van der Waals surface area (Å²) in [5, 5.41) is 1.21. The molecule has 2 aromatic carbocycles. The van der Waals surface area contributed by atoms with E-state index in [1.54, 1.807) is 0 Å². The second-order valence-electron chi connectivity index (χ2n) is 5.80. The average molecular weight is 291 g/mol. The van der Waals surface area contributed by atoms with Crippen molar-refractivity contribution >= 4 is 16.9 Å². The molecule has 1 aromatic heterocycles. The molecule has 1 N–H and O–H groups in total. The van der Waals surface area contributed by atoms with Gasteiger partial charge in [0.05, 0.1) is 19.2 Å². The zero-order valence-electron chi connectivity index (χ0n) is 12.4. The third-order valence-electron chi connectivity index (χ3n) is 4.55. The number of rotatable bonds is 2. The van der Waals surface area contributed by atoms with Gasteiger partial charge < -0.3 is 9.72 Å². The molecule has 1 aliphatic carbocycles. The molecule has 1 heterocycles. The maximum atomic E-state index is 11.8. The Balaban J connectivity index is 1.95. The normalized spacial score (nSPS) is 16.1. The summed E-state index contributed by atoms with van der Waals surface area (Å²) < 4.78 is 4.90. The number of carbonyl (C=O) groups excluding carboxylic acids is 1. The molecule has 0 spiro atoms. The first-order valence-electron chi connectivity index (χ1n) is 7.53. The van der Waals surface area contributed by atoms with E-state index in [1.807, 2.05) is 12.1 Å². The fourth-order valence-corrected chi connectivity index (χ4v) is 3.57. The molecule has 0 fully saturated rings. The van der Waals surface area contributed by atoms with E-state index in [0.29, 0.717) is 6.42 Å². The summed E-state index contributed by atoms with van der Waals surface area (Å²) in [6, 6.07) is 16.7. The summed E-state index contributed by atoms with van der Waals surface area (Å²) in [5.74, 6) is 0.00844. The second kappa shape index (κ2) is 5.02. The lowest BCUT2D eigenvalue weighted by Gasteiger charge is -2.24. The minimum atomic E-state index is -0.152. The Morgan fingerprint density at radius 3 is 2.82 bits per heavy atom. The van der Waals surface area contributed by atoms with Gasteiger partial charge in [-0.1, -0.05) is 42.5 Å². The van der Waals surface area contributed by atoms with Crippen molar-refractivity contribution in [1.82, 2.24) is 4.98 Å². The maximum absolute atomic E-state index is 11.8.